The molecule has 0 bridgehead atoms. The van der Waals surface area contributed by atoms with Crippen molar-refractivity contribution in [3.8, 4) is 5.75 Å². The van der Waals surface area contributed by atoms with E-state index in [4.69, 9.17) is 16.3 Å². The number of halogens is 1. The monoisotopic (exact) mass is 346 g/mol. The summed E-state index contributed by atoms with van der Waals surface area (Å²) in [5, 5.41) is 3.31. The van der Waals surface area contributed by atoms with Crippen LogP contribution in [0.25, 0.3) is 0 Å². The van der Waals surface area contributed by atoms with Crippen LogP contribution in [0.15, 0.2) is 48.5 Å². The zero-order valence-electron chi connectivity index (χ0n) is 13.6. The number of nitrogens with one attached hydrogen (secondary N) is 1. The molecule has 0 aliphatic carbocycles. The minimum Gasteiger partial charge on any atom is -0.497 e. The fourth-order valence-electron chi connectivity index (χ4n) is 2.17. The Morgan fingerprint density at radius 1 is 1.17 bits per heavy atom. The SMILES string of the molecule is COc1ccc(CNC(=O)CN(C(C)=O)c2cccc(Cl)c2)cc1. The van der Waals surface area contributed by atoms with Gasteiger partial charge in [-0.25, -0.2) is 0 Å². The molecule has 0 fully saturated rings. The van der Waals surface area contributed by atoms with E-state index in [0.717, 1.165) is 11.3 Å². The van der Waals surface area contributed by atoms with Crippen LogP contribution in [0.5, 0.6) is 5.75 Å². The molecule has 0 spiro atoms. The van der Waals surface area contributed by atoms with Crippen LogP contribution >= 0.6 is 11.6 Å². The van der Waals surface area contributed by atoms with Gasteiger partial charge in [-0.2, -0.15) is 0 Å². The minimum atomic E-state index is -0.249. The first-order chi connectivity index (χ1) is 11.5. The van der Waals surface area contributed by atoms with Crippen LogP contribution in [0, 0.1) is 0 Å². The van der Waals surface area contributed by atoms with Crippen molar-refractivity contribution < 1.29 is 14.3 Å². The predicted molar refractivity (Wildman–Crippen MR) is 94.3 cm³/mol. The summed E-state index contributed by atoms with van der Waals surface area (Å²) in [7, 11) is 1.60. The summed E-state index contributed by atoms with van der Waals surface area (Å²) in [6.07, 6.45) is 0. The van der Waals surface area contributed by atoms with Crippen LogP contribution in [0.1, 0.15) is 12.5 Å². The van der Waals surface area contributed by atoms with Gasteiger partial charge >= 0.3 is 0 Å². The van der Waals surface area contributed by atoms with E-state index in [9.17, 15) is 9.59 Å². The van der Waals surface area contributed by atoms with Crippen molar-refractivity contribution >= 4 is 29.1 Å². The number of ether oxygens (including phenoxy) is 1. The molecule has 0 aliphatic heterocycles. The first-order valence-electron chi connectivity index (χ1n) is 7.43. The summed E-state index contributed by atoms with van der Waals surface area (Å²) >= 11 is 5.95. The third kappa shape index (κ3) is 4.99. The lowest BCUT2D eigenvalue weighted by Crippen LogP contribution is -2.39. The van der Waals surface area contributed by atoms with Crippen molar-refractivity contribution in [3.63, 3.8) is 0 Å². The smallest absolute Gasteiger partial charge is 0.240 e. The van der Waals surface area contributed by atoms with E-state index < -0.39 is 0 Å². The molecule has 0 aliphatic rings. The zero-order chi connectivity index (χ0) is 17.5. The summed E-state index contributed by atoms with van der Waals surface area (Å²) in [4.78, 5) is 25.4. The van der Waals surface area contributed by atoms with E-state index in [2.05, 4.69) is 5.32 Å². The van der Waals surface area contributed by atoms with Gasteiger partial charge in [0.05, 0.1) is 7.11 Å². The lowest BCUT2D eigenvalue weighted by Gasteiger charge is -2.21. The van der Waals surface area contributed by atoms with E-state index in [1.54, 1.807) is 31.4 Å². The molecule has 2 aromatic rings. The van der Waals surface area contributed by atoms with Crippen molar-refractivity contribution in [2.24, 2.45) is 0 Å². The maximum atomic E-state index is 12.1. The highest BCUT2D eigenvalue weighted by Crippen LogP contribution is 2.19. The number of rotatable bonds is 6. The second kappa shape index (κ2) is 8.36. The largest absolute Gasteiger partial charge is 0.497 e. The first kappa shape index (κ1) is 17.8. The number of nitrogens with zero attached hydrogens (tertiary/aromatic N) is 1. The number of carbonyl (C=O) groups is 2. The molecule has 0 saturated heterocycles. The third-order valence-electron chi connectivity index (χ3n) is 3.45. The Kier molecular flexibility index (Phi) is 6.21. The maximum absolute atomic E-state index is 12.1. The zero-order valence-corrected chi connectivity index (χ0v) is 14.3. The highest BCUT2D eigenvalue weighted by Gasteiger charge is 2.15. The maximum Gasteiger partial charge on any atom is 0.240 e. The summed E-state index contributed by atoms with van der Waals surface area (Å²) in [6, 6.07) is 14.3. The molecule has 0 unspecified atom stereocenters. The van der Waals surface area contributed by atoms with E-state index in [0.29, 0.717) is 17.3 Å². The van der Waals surface area contributed by atoms with Gasteiger partial charge in [0.25, 0.3) is 0 Å². The lowest BCUT2D eigenvalue weighted by molar-refractivity contribution is -0.123. The van der Waals surface area contributed by atoms with Crippen LogP contribution in [0.3, 0.4) is 0 Å². The molecule has 5 nitrogen and oxygen atoms in total. The summed E-state index contributed by atoms with van der Waals surface area (Å²) in [5.74, 6) is 0.284. The van der Waals surface area contributed by atoms with Gasteiger partial charge in [-0.3, -0.25) is 9.59 Å². The summed E-state index contributed by atoms with van der Waals surface area (Å²) in [5.41, 5.74) is 1.54. The number of hydrogen-bond donors (Lipinski definition) is 1. The summed E-state index contributed by atoms with van der Waals surface area (Å²) < 4.78 is 5.09. The van der Waals surface area contributed by atoms with Crippen molar-refractivity contribution in [2.75, 3.05) is 18.6 Å². The molecular formula is C18H19ClN2O3. The van der Waals surface area contributed by atoms with E-state index in [1.165, 1.54) is 11.8 Å². The Labute approximate surface area is 146 Å². The number of amides is 2. The van der Waals surface area contributed by atoms with Gasteiger partial charge in [0.1, 0.15) is 12.3 Å². The van der Waals surface area contributed by atoms with Gasteiger partial charge in [-0.15, -0.1) is 0 Å². The van der Waals surface area contributed by atoms with Gasteiger partial charge in [-0.1, -0.05) is 29.8 Å². The Bertz CT molecular complexity index is 716. The molecule has 0 heterocycles. The fraction of sp³-hybridized carbons (Fsp3) is 0.222. The molecule has 0 radical (unpaired) electrons. The molecule has 0 saturated carbocycles. The molecule has 1 N–H and O–H groups in total. The molecule has 0 aromatic heterocycles. The molecule has 126 valence electrons. The Balaban J connectivity index is 1.96. The van der Waals surface area contributed by atoms with Crippen LogP contribution < -0.4 is 15.0 Å². The average Bonchev–Trinajstić information content (AvgIpc) is 2.58. The molecule has 2 amide bonds. The molecule has 2 rings (SSSR count). The highest BCUT2D eigenvalue weighted by molar-refractivity contribution is 6.30. The Morgan fingerprint density at radius 3 is 2.46 bits per heavy atom. The number of benzene rings is 2. The number of hydrogen-bond acceptors (Lipinski definition) is 3. The second-order valence-corrected chi connectivity index (χ2v) is 5.65. The van der Waals surface area contributed by atoms with E-state index in [-0.39, 0.29) is 18.4 Å². The van der Waals surface area contributed by atoms with Gasteiger partial charge in [0.2, 0.25) is 11.8 Å². The van der Waals surface area contributed by atoms with E-state index >= 15 is 0 Å². The molecule has 6 heteroatoms. The van der Waals surface area contributed by atoms with Gasteiger partial charge in [0.15, 0.2) is 0 Å². The third-order valence-corrected chi connectivity index (χ3v) is 3.69. The van der Waals surface area contributed by atoms with Crippen LogP contribution in [-0.4, -0.2) is 25.5 Å². The Hall–Kier alpha value is -2.53. The van der Waals surface area contributed by atoms with Gasteiger partial charge < -0.3 is 15.0 Å². The van der Waals surface area contributed by atoms with E-state index in [1.807, 2.05) is 24.3 Å². The van der Waals surface area contributed by atoms with Gasteiger partial charge in [0, 0.05) is 24.2 Å². The summed E-state index contributed by atoms with van der Waals surface area (Å²) in [6.45, 7) is 1.73. The molecule has 24 heavy (non-hydrogen) atoms. The van der Waals surface area contributed by atoms with Crippen LogP contribution in [-0.2, 0) is 16.1 Å². The molecular weight excluding hydrogens is 328 g/mol. The van der Waals surface area contributed by atoms with Crippen LogP contribution in [0.4, 0.5) is 5.69 Å². The fourth-order valence-corrected chi connectivity index (χ4v) is 2.36. The highest BCUT2D eigenvalue weighted by atomic mass is 35.5. The molecule has 2 aromatic carbocycles. The first-order valence-corrected chi connectivity index (χ1v) is 7.80. The topological polar surface area (TPSA) is 58.6 Å². The van der Waals surface area contributed by atoms with Crippen molar-refractivity contribution in [2.45, 2.75) is 13.5 Å². The number of methoxy groups -OCH3 is 1. The van der Waals surface area contributed by atoms with Crippen molar-refractivity contribution in [1.29, 1.82) is 0 Å². The van der Waals surface area contributed by atoms with Crippen molar-refractivity contribution in [1.82, 2.24) is 5.32 Å². The quantitative estimate of drug-likeness (QED) is 0.874. The number of carbonyl (C=O) groups excluding carboxylic acids is 2. The second-order valence-electron chi connectivity index (χ2n) is 5.21. The van der Waals surface area contributed by atoms with Crippen molar-refractivity contribution in [3.05, 3.63) is 59.1 Å². The predicted octanol–water partition coefficient (Wildman–Crippen LogP) is 3.02. The van der Waals surface area contributed by atoms with Gasteiger partial charge in [-0.05, 0) is 35.9 Å². The molecule has 0 atom stereocenters. The number of anilines is 1. The normalized spacial score (nSPS) is 10.1. The standard InChI is InChI=1S/C18H19ClN2O3/c1-13(22)21(16-5-3-4-15(19)10-16)12-18(23)20-11-14-6-8-17(24-2)9-7-14/h3-10H,11-12H2,1-2H3,(H,20,23). The average molecular weight is 347 g/mol. The minimum absolute atomic E-state index is 0.0637. The Morgan fingerprint density at radius 2 is 1.88 bits per heavy atom. The van der Waals surface area contributed by atoms with Crippen LogP contribution in [0.2, 0.25) is 5.02 Å². The lowest BCUT2D eigenvalue weighted by atomic mass is 10.2.